The second kappa shape index (κ2) is 4.79. The highest BCUT2D eigenvalue weighted by Crippen LogP contribution is 2.40. The summed E-state index contributed by atoms with van der Waals surface area (Å²) in [7, 11) is 0. The maximum atomic E-state index is 13.4. The molecule has 0 spiro atoms. The van der Waals surface area contributed by atoms with Crippen LogP contribution in [0.5, 0.6) is 0 Å². The lowest BCUT2D eigenvalue weighted by Crippen LogP contribution is -2.39. The van der Waals surface area contributed by atoms with E-state index in [0.717, 1.165) is 50.3 Å². The van der Waals surface area contributed by atoms with Crippen molar-refractivity contribution in [1.82, 2.24) is 4.90 Å². The van der Waals surface area contributed by atoms with E-state index in [1.807, 2.05) is 6.07 Å². The highest BCUT2D eigenvalue weighted by Gasteiger charge is 2.43. The van der Waals surface area contributed by atoms with Crippen LogP contribution >= 0.6 is 0 Å². The first-order chi connectivity index (χ1) is 9.72. The molecule has 2 fully saturated rings. The highest BCUT2D eigenvalue weighted by molar-refractivity contribution is 5.34. The maximum absolute atomic E-state index is 13.4. The van der Waals surface area contributed by atoms with Crippen molar-refractivity contribution >= 4 is 0 Å². The van der Waals surface area contributed by atoms with E-state index in [-0.39, 0.29) is 18.0 Å². The van der Waals surface area contributed by atoms with Gasteiger partial charge in [0, 0.05) is 24.9 Å². The Hall–Kier alpha value is -0.970. The van der Waals surface area contributed by atoms with Gasteiger partial charge in [0.25, 0.3) is 0 Å². The van der Waals surface area contributed by atoms with Gasteiger partial charge >= 0.3 is 0 Å². The first-order valence-corrected chi connectivity index (χ1v) is 7.50. The van der Waals surface area contributed by atoms with Gasteiger partial charge in [-0.15, -0.1) is 0 Å². The zero-order valence-corrected chi connectivity index (χ0v) is 11.5. The number of aryl methyl sites for hydroxylation is 1. The fraction of sp³-hybridized carbons (Fsp3) is 0.625. The Morgan fingerprint density at radius 1 is 1.20 bits per heavy atom. The minimum Gasteiger partial charge on any atom is -0.391 e. The molecule has 0 bridgehead atoms. The van der Waals surface area contributed by atoms with Crippen molar-refractivity contribution in [3.63, 3.8) is 0 Å². The molecule has 0 amide bonds. The average molecular weight is 277 g/mol. The molecule has 1 aromatic carbocycles. The molecule has 2 heterocycles. The van der Waals surface area contributed by atoms with Crippen molar-refractivity contribution in [3.8, 4) is 0 Å². The summed E-state index contributed by atoms with van der Waals surface area (Å²) < 4.78 is 18.9. The molecule has 0 aromatic heterocycles. The smallest absolute Gasteiger partial charge is 0.123 e. The van der Waals surface area contributed by atoms with Crippen molar-refractivity contribution in [2.75, 3.05) is 26.3 Å². The van der Waals surface area contributed by atoms with Crippen molar-refractivity contribution in [3.05, 3.63) is 35.1 Å². The minimum absolute atomic E-state index is 0.0324. The fourth-order valence-electron chi connectivity index (χ4n) is 4.14. The van der Waals surface area contributed by atoms with Gasteiger partial charge in [0.15, 0.2) is 0 Å². The topological polar surface area (TPSA) is 32.7 Å². The SMILES string of the molecule is OC1CCc2cc(F)ccc2[C@H]1N1C[C@H]2COC[C@H]2C1. The molecule has 4 rings (SSSR count). The summed E-state index contributed by atoms with van der Waals surface area (Å²) >= 11 is 0. The molecule has 2 saturated heterocycles. The van der Waals surface area contributed by atoms with Gasteiger partial charge in [-0.3, -0.25) is 4.90 Å². The van der Waals surface area contributed by atoms with Gasteiger partial charge in [-0.25, -0.2) is 4.39 Å². The van der Waals surface area contributed by atoms with E-state index in [1.54, 1.807) is 6.07 Å². The molecular weight excluding hydrogens is 257 g/mol. The van der Waals surface area contributed by atoms with E-state index in [1.165, 1.54) is 6.07 Å². The number of ether oxygens (including phenoxy) is 1. The highest BCUT2D eigenvalue weighted by atomic mass is 19.1. The summed E-state index contributed by atoms with van der Waals surface area (Å²) in [4.78, 5) is 2.39. The Balaban J connectivity index is 1.64. The largest absolute Gasteiger partial charge is 0.391 e. The lowest BCUT2D eigenvalue weighted by Gasteiger charge is -2.37. The number of hydrogen-bond donors (Lipinski definition) is 1. The number of hydrogen-bond acceptors (Lipinski definition) is 3. The zero-order chi connectivity index (χ0) is 13.7. The Labute approximate surface area is 118 Å². The standard InChI is InChI=1S/C16H20FNO2/c17-13-2-3-14-10(5-13)1-4-15(19)16(14)18-6-11-8-20-9-12(11)7-18/h2-3,5,11-12,15-16,19H,1,4,6-9H2/t11-,12+,15?,16-/m1/s1. The molecule has 4 heteroatoms. The van der Waals surface area contributed by atoms with E-state index in [2.05, 4.69) is 4.90 Å². The summed E-state index contributed by atoms with van der Waals surface area (Å²) in [5.74, 6) is 1.03. The van der Waals surface area contributed by atoms with E-state index in [9.17, 15) is 9.50 Å². The number of benzene rings is 1. The van der Waals surface area contributed by atoms with Crippen LogP contribution in [0.25, 0.3) is 0 Å². The van der Waals surface area contributed by atoms with E-state index in [0.29, 0.717) is 11.8 Å². The monoisotopic (exact) mass is 277 g/mol. The van der Waals surface area contributed by atoms with Crippen LogP contribution in [0.2, 0.25) is 0 Å². The molecule has 1 unspecified atom stereocenters. The normalized spacial score (nSPS) is 36.9. The number of aliphatic hydroxyl groups is 1. The van der Waals surface area contributed by atoms with Gasteiger partial charge in [-0.05, 0) is 36.1 Å². The summed E-state index contributed by atoms with van der Waals surface area (Å²) in [5.41, 5.74) is 2.18. The van der Waals surface area contributed by atoms with Crippen molar-refractivity contribution < 1.29 is 14.2 Å². The number of rotatable bonds is 1. The van der Waals surface area contributed by atoms with E-state index >= 15 is 0 Å². The van der Waals surface area contributed by atoms with Crippen LogP contribution in [0.3, 0.4) is 0 Å². The number of aliphatic hydroxyl groups excluding tert-OH is 1. The summed E-state index contributed by atoms with van der Waals surface area (Å²) in [6, 6.07) is 5.05. The van der Waals surface area contributed by atoms with Gasteiger partial charge in [0.05, 0.1) is 25.4 Å². The van der Waals surface area contributed by atoms with Gasteiger partial charge in [-0.1, -0.05) is 6.07 Å². The second-order valence-electron chi connectivity index (χ2n) is 6.41. The third-order valence-electron chi connectivity index (χ3n) is 5.16. The van der Waals surface area contributed by atoms with Crippen molar-refractivity contribution in [2.24, 2.45) is 11.8 Å². The summed E-state index contributed by atoms with van der Waals surface area (Å²) in [6.45, 7) is 3.67. The van der Waals surface area contributed by atoms with Crippen LogP contribution in [0.15, 0.2) is 18.2 Å². The Kier molecular flexibility index (Phi) is 3.05. The first kappa shape index (κ1) is 12.7. The van der Waals surface area contributed by atoms with Gasteiger partial charge < -0.3 is 9.84 Å². The van der Waals surface area contributed by atoms with Crippen molar-refractivity contribution in [2.45, 2.75) is 25.0 Å². The van der Waals surface area contributed by atoms with Crippen LogP contribution < -0.4 is 0 Å². The van der Waals surface area contributed by atoms with Gasteiger partial charge in [0.2, 0.25) is 0 Å². The average Bonchev–Trinajstić information content (AvgIpc) is 2.99. The lowest BCUT2D eigenvalue weighted by atomic mass is 9.84. The quantitative estimate of drug-likeness (QED) is 0.849. The minimum atomic E-state index is -0.340. The van der Waals surface area contributed by atoms with E-state index in [4.69, 9.17) is 4.74 Å². The van der Waals surface area contributed by atoms with Crippen LogP contribution in [-0.4, -0.2) is 42.4 Å². The number of fused-ring (bicyclic) bond motifs is 2. The molecule has 2 aliphatic heterocycles. The van der Waals surface area contributed by atoms with Crippen LogP contribution in [0, 0.1) is 17.7 Å². The van der Waals surface area contributed by atoms with Crippen LogP contribution in [0.4, 0.5) is 4.39 Å². The fourth-order valence-corrected chi connectivity index (χ4v) is 4.14. The third kappa shape index (κ3) is 1.98. The molecule has 3 nitrogen and oxygen atoms in total. The molecular formula is C16H20FNO2. The first-order valence-electron chi connectivity index (χ1n) is 7.50. The Morgan fingerprint density at radius 2 is 1.95 bits per heavy atom. The number of halogens is 1. The Bertz CT molecular complexity index is 509. The van der Waals surface area contributed by atoms with Crippen molar-refractivity contribution in [1.29, 1.82) is 0 Å². The molecule has 4 atom stereocenters. The number of nitrogens with zero attached hydrogens (tertiary/aromatic N) is 1. The molecule has 0 radical (unpaired) electrons. The zero-order valence-electron chi connectivity index (χ0n) is 11.5. The predicted molar refractivity (Wildman–Crippen MR) is 72.8 cm³/mol. The molecule has 1 N–H and O–H groups in total. The van der Waals surface area contributed by atoms with Gasteiger partial charge in [0.1, 0.15) is 5.82 Å². The number of likely N-dealkylation sites (tertiary alicyclic amines) is 1. The third-order valence-corrected chi connectivity index (χ3v) is 5.16. The van der Waals surface area contributed by atoms with Crippen LogP contribution in [-0.2, 0) is 11.2 Å². The van der Waals surface area contributed by atoms with E-state index < -0.39 is 0 Å². The Morgan fingerprint density at radius 3 is 2.70 bits per heavy atom. The summed E-state index contributed by atoms with van der Waals surface area (Å²) in [5, 5.41) is 10.4. The van der Waals surface area contributed by atoms with Crippen LogP contribution in [0.1, 0.15) is 23.6 Å². The summed E-state index contributed by atoms with van der Waals surface area (Å²) in [6.07, 6.45) is 1.16. The molecule has 20 heavy (non-hydrogen) atoms. The lowest BCUT2D eigenvalue weighted by molar-refractivity contribution is 0.0368. The molecule has 0 saturated carbocycles. The second-order valence-corrected chi connectivity index (χ2v) is 6.41. The maximum Gasteiger partial charge on any atom is 0.123 e. The molecule has 1 aromatic rings. The molecule has 108 valence electrons. The van der Waals surface area contributed by atoms with Gasteiger partial charge in [-0.2, -0.15) is 0 Å². The molecule has 3 aliphatic rings. The molecule has 1 aliphatic carbocycles. The predicted octanol–water partition coefficient (Wildman–Crippen LogP) is 1.75.